The predicted molar refractivity (Wildman–Crippen MR) is 78.4 cm³/mol. The SMILES string of the molecule is CCC1CN(C(=O)CC(CC)(CC)C(=O)O)CCS1. The number of amides is 1. The molecule has 4 nitrogen and oxygen atoms in total. The van der Waals surface area contributed by atoms with Crippen molar-refractivity contribution in [1.82, 2.24) is 4.90 Å². The van der Waals surface area contributed by atoms with E-state index < -0.39 is 11.4 Å². The number of thioether (sulfide) groups is 1. The van der Waals surface area contributed by atoms with Crippen LogP contribution in [-0.2, 0) is 9.59 Å². The zero-order chi connectivity index (χ0) is 14.5. The van der Waals surface area contributed by atoms with Gasteiger partial charge in [-0.05, 0) is 19.3 Å². The molecule has 0 aromatic rings. The minimum absolute atomic E-state index is 0.00449. The molecule has 1 saturated heterocycles. The summed E-state index contributed by atoms with van der Waals surface area (Å²) in [6, 6.07) is 0. The highest BCUT2D eigenvalue weighted by molar-refractivity contribution is 8.00. The molecule has 1 amide bonds. The number of aliphatic carboxylic acids is 1. The van der Waals surface area contributed by atoms with Crippen LogP contribution in [0.2, 0.25) is 0 Å². The minimum Gasteiger partial charge on any atom is -0.481 e. The van der Waals surface area contributed by atoms with E-state index in [1.54, 1.807) is 0 Å². The molecular weight excluding hydrogens is 262 g/mol. The quantitative estimate of drug-likeness (QED) is 0.816. The average Bonchev–Trinajstić information content (AvgIpc) is 2.44. The molecule has 0 spiro atoms. The van der Waals surface area contributed by atoms with Crippen molar-refractivity contribution in [3.05, 3.63) is 0 Å². The summed E-state index contributed by atoms with van der Waals surface area (Å²) >= 11 is 1.91. The lowest BCUT2D eigenvalue weighted by atomic mass is 9.79. The van der Waals surface area contributed by atoms with Crippen molar-refractivity contribution in [2.24, 2.45) is 5.41 Å². The van der Waals surface area contributed by atoms with Crippen molar-refractivity contribution in [3.8, 4) is 0 Å². The van der Waals surface area contributed by atoms with Crippen molar-refractivity contribution in [1.29, 1.82) is 0 Å². The molecule has 1 atom stereocenters. The van der Waals surface area contributed by atoms with Crippen molar-refractivity contribution in [2.45, 2.75) is 51.7 Å². The third-order valence-electron chi connectivity index (χ3n) is 4.24. The molecule has 1 heterocycles. The minimum atomic E-state index is -0.886. The van der Waals surface area contributed by atoms with Gasteiger partial charge in [-0.15, -0.1) is 0 Å². The number of carboxylic acids is 1. The monoisotopic (exact) mass is 287 g/mol. The lowest BCUT2D eigenvalue weighted by Gasteiger charge is -2.35. The molecule has 1 fully saturated rings. The van der Waals surface area contributed by atoms with Crippen LogP contribution in [0.4, 0.5) is 0 Å². The Morgan fingerprint density at radius 3 is 2.42 bits per heavy atom. The highest BCUT2D eigenvalue weighted by atomic mass is 32.2. The summed E-state index contributed by atoms with van der Waals surface area (Å²) < 4.78 is 0. The first kappa shape index (κ1) is 16.3. The Kier molecular flexibility index (Phi) is 6.17. The molecule has 110 valence electrons. The highest BCUT2D eigenvalue weighted by Gasteiger charge is 2.39. The zero-order valence-corrected chi connectivity index (χ0v) is 13.0. The second kappa shape index (κ2) is 7.17. The number of carboxylic acid groups (broad SMARTS) is 1. The Morgan fingerprint density at radius 2 is 1.95 bits per heavy atom. The maximum atomic E-state index is 12.4. The fraction of sp³-hybridized carbons (Fsp3) is 0.857. The van der Waals surface area contributed by atoms with Crippen molar-refractivity contribution in [2.75, 3.05) is 18.8 Å². The molecule has 1 unspecified atom stereocenters. The first-order valence-corrected chi connectivity index (χ1v) is 8.16. The van der Waals surface area contributed by atoms with Crippen LogP contribution in [0.25, 0.3) is 0 Å². The fourth-order valence-corrected chi connectivity index (χ4v) is 3.65. The number of nitrogens with zero attached hydrogens (tertiary/aromatic N) is 1. The normalized spacial score (nSPS) is 20.4. The molecule has 0 aromatic carbocycles. The standard InChI is InChI=1S/C14H25NO3S/c1-4-11-10-15(7-8-19-11)12(16)9-14(5-2,6-3)13(17)18/h11H,4-10H2,1-3H3,(H,17,18). The van der Waals surface area contributed by atoms with Gasteiger partial charge in [-0.25, -0.2) is 0 Å². The second-order valence-corrected chi connectivity index (χ2v) is 6.62. The summed E-state index contributed by atoms with van der Waals surface area (Å²) in [6.45, 7) is 7.36. The van der Waals surface area contributed by atoms with Crippen LogP contribution >= 0.6 is 11.8 Å². The van der Waals surface area contributed by atoms with Crippen LogP contribution in [0.3, 0.4) is 0 Å². The van der Waals surface area contributed by atoms with E-state index in [0.717, 1.165) is 25.3 Å². The van der Waals surface area contributed by atoms with Gasteiger partial charge in [0, 0.05) is 30.5 Å². The van der Waals surface area contributed by atoms with Gasteiger partial charge in [0.2, 0.25) is 5.91 Å². The molecule has 5 heteroatoms. The molecule has 1 aliphatic heterocycles. The first-order valence-electron chi connectivity index (χ1n) is 7.11. The van der Waals surface area contributed by atoms with Crippen LogP contribution < -0.4 is 0 Å². The Hall–Kier alpha value is -0.710. The molecular formula is C14H25NO3S. The predicted octanol–water partition coefficient (Wildman–Crippen LogP) is 2.62. The van der Waals surface area contributed by atoms with E-state index in [4.69, 9.17) is 0 Å². The van der Waals surface area contributed by atoms with Crippen LogP contribution in [0.5, 0.6) is 0 Å². The van der Waals surface area contributed by atoms with E-state index in [0.29, 0.717) is 18.1 Å². The molecule has 1 aliphatic rings. The van der Waals surface area contributed by atoms with Gasteiger partial charge in [0.15, 0.2) is 0 Å². The Labute approximate surface area is 119 Å². The van der Waals surface area contributed by atoms with Gasteiger partial charge in [0.25, 0.3) is 0 Å². The molecule has 0 aliphatic carbocycles. The average molecular weight is 287 g/mol. The van der Waals surface area contributed by atoms with E-state index in [1.807, 2.05) is 30.5 Å². The third kappa shape index (κ3) is 3.88. The van der Waals surface area contributed by atoms with Gasteiger partial charge in [-0.3, -0.25) is 9.59 Å². The van der Waals surface area contributed by atoms with Crippen molar-refractivity contribution in [3.63, 3.8) is 0 Å². The van der Waals surface area contributed by atoms with Gasteiger partial charge < -0.3 is 10.0 Å². The largest absolute Gasteiger partial charge is 0.481 e. The lowest BCUT2D eigenvalue weighted by Crippen LogP contribution is -2.45. The number of carbonyl (C=O) groups excluding carboxylic acids is 1. The number of rotatable bonds is 6. The summed E-state index contributed by atoms with van der Waals surface area (Å²) in [6.07, 6.45) is 2.20. The van der Waals surface area contributed by atoms with Crippen LogP contribution in [0.1, 0.15) is 46.5 Å². The summed E-state index contributed by atoms with van der Waals surface area (Å²) in [7, 11) is 0. The van der Waals surface area contributed by atoms with E-state index in [1.165, 1.54) is 0 Å². The molecule has 1 rings (SSSR count). The Balaban J connectivity index is 2.69. The lowest BCUT2D eigenvalue weighted by molar-refractivity contribution is -0.154. The molecule has 19 heavy (non-hydrogen) atoms. The highest BCUT2D eigenvalue weighted by Crippen LogP contribution is 2.32. The van der Waals surface area contributed by atoms with E-state index in [-0.39, 0.29) is 12.3 Å². The Bertz CT molecular complexity index is 329. The topological polar surface area (TPSA) is 57.6 Å². The van der Waals surface area contributed by atoms with Crippen LogP contribution in [0, 0.1) is 5.41 Å². The van der Waals surface area contributed by atoms with Crippen LogP contribution in [-0.4, -0.2) is 46.0 Å². The number of hydrogen-bond acceptors (Lipinski definition) is 3. The van der Waals surface area contributed by atoms with Gasteiger partial charge >= 0.3 is 5.97 Å². The van der Waals surface area contributed by atoms with Crippen molar-refractivity contribution < 1.29 is 14.7 Å². The summed E-state index contributed by atoms with van der Waals surface area (Å²) in [5.41, 5.74) is -0.886. The van der Waals surface area contributed by atoms with Gasteiger partial charge in [-0.2, -0.15) is 11.8 Å². The third-order valence-corrected chi connectivity index (χ3v) is 5.62. The molecule has 0 saturated carbocycles. The van der Waals surface area contributed by atoms with Gasteiger partial charge in [-0.1, -0.05) is 20.8 Å². The summed E-state index contributed by atoms with van der Waals surface area (Å²) in [4.78, 5) is 25.7. The first-order chi connectivity index (χ1) is 8.99. The van der Waals surface area contributed by atoms with E-state index >= 15 is 0 Å². The molecule has 1 N–H and O–H groups in total. The number of carbonyl (C=O) groups is 2. The molecule has 0 aromatic heterocycles. The fourth-order valence-electron chi connectivity index (χ4n) is 2.47. The second-order valence-electron chi connectivity index (χ2n) is 5.21. The van der Waals surface area contributed by atoms with E-state index in [2.05, 4.69) is 6.92 Å². The maximum Gasteiger partial charge on any atom is 0.310 e. The van der Waals surface area contributed by atoms with Crippen molar-refractivity contribution >= 4 is 23.6 Å². The smallest absolute Gasteiger partial charge is 0.310 e. The summed E-state index contributed by atoms with van der Waals surface area (Å²) in [5.74, 6) is 0.122. The van der Waals surface area contributed by atoms with Gasteiger partial charge in [0.1, 0.15) is 0 Å². The molecule has 0 radical (unpaired) electrons. The zero-order valence-electron chi connectivity index (χ0n) is 12.1. The van der Waals surface area contributed by atoms with Gasteiger partial charge in [0.05, 0.1) is 5.41 Å². The molecule has 0 bridgehead atoms. The Morgan fingerprint density at radius 1 is 1.32 bits per heavy atom. The van der Waals surface area contributed by atoms with Crippen LogP contribution in [0.15, 0.2) is 0 Å². The van der Waals surface area contributed by atoms with E-state index in [9.17, 15) is 14.7 Å². The summed E-state index contributed by atoms with van der Waals surface area (Å²) in [5, 5.41) is 9.89. The maximum absolute atomic E-state index is 12.4. The number of hydrogen-bond donors (Lipinski definition) is 1.